The van der Waals surface area contributed by atoms with Gasteiger partial charge >= 0.3 is 0 Å². The third-order valence-corrected chi connectivity index (χ3v) is 3.34. The summed E-state index contributed by atoms with van der Waals surface area (Å²) in [5, 5.41) is 1.16. The highest BCUT2D eigenvalue weighted by atomic mass is 35.5. The molecule has 0 aliphatic heterocycles. The molecule has 5 heteroatoms. The first kappa shape index (κ1) is 14.7. The monoisotopic (exact) mass is 276 g/mol. The summed E-state index contributed by atoms with van der Waals surface area (Å²) in [6, 6.07) is 5.88. The van der Waals surface area contributed by atoms with E-state index in [0.717, 1.165) is 31.4 Å². The quantitative estimate of drug-likeness (QED) is 0.457. The number of benzene rings is 1. The summed E-state index contributed by atoms with van der Waals surface area (Å²) in [5.74, 6) is 5.52. The van der Waals surface area contributed by atoms with Gasteiger partial charge in [0.1, 0.15) is 0 Å². The van der Waals surface area contributed by atoms with Gasteiger partial charge in [-0.2, -0.15) is 0 Å². The van der Waals surface area contributed by atoms with Crippen molar-refractivity contribution < 1.29 is 4.74 Å². The molecule has 3 nitrogen and oxygen atoms in total. The van der Waals surface area contributed by atoms with Crippen molar-refractivity contribution >= 4 is 23.2 Å². The van der Waals surface area contributed by atoms with Crippen LogP contribution in [0.5, 0.6) is 0 Å². The molecule has 0 spiro atoms. The van der Waals surface area contributed by atoms with Crippen LogP contribution in [0.3, 0.4) is 0 Å². The van der Waals surface area contributed by atoms with E-state index in [9.17, 15) is 0 Å². The molecule has 0 radical (unpaired) electrons. The number of hydrazine groups is 1. The van der Waals surface area contributed by atoms with Gasteiger partial charge in [0, 0.05) is 19.8 Å². The SMILES string of the molecule is COCCCC(Cc1ccc(Cl)c(Cl)c1)NN. The van der Waals surface area contributed by atoms with E-state index >= 15 is 0 Å². The van der Waals surface area contributed by atoms with Crippen LogP contribution in [-0.2, 0) is 11.2 Å². The largest absolute Gasteiger partial charge is 0.385 e. The zero-order valence-electron chi connectivity index (χ0n) is 9.88. The Kier molecular flexibility index (Phi) is 6.85. The maximum atomic E-state index is 5.96. The highest BCUT2D eigenvalue weighted by Gasteiger charge is 2.08. The Morgan fingerprint density at radius 1 is 1.35 bits per heavy atom. The molecule has 0 aromatic heterocycles. The molecule has 0 amide bonds. The molecule has 1 aromatic carbocycles. The third kappa shape index (κ3) is 5.23. The van der Waals surface area contributed by atoms with E-state index in [1.807, 2.05) is 18.2 Å². The van der Waals surface area contributed by atoms with Crippen molar-refractivity contribution in [3.63, 3.8) is 0 Å². The maximum absolute atomic E-state index is 5.96. The van der Waals surface area contributed by atoms with Gasteiger partial charge in [-0.1, -0.05) is 29.3 Å². The Labute approximate surface area is 112 Å². The second-order valence-electron chi connectivity index (χ2n) is 3.95. The lowest BCUT2D eigenvalue weighted by molar-refractivity contribution is 0.188. The Bertz CT molecular complexity index is 347. The second kappa shape index (κ2) is 7.90. The standard InChI is InChI=1S/C12H18Cl2N2O/c1-17-6-2-3-10(16-15)7-9-4-5-11(13)12(14)8-9/h4-5,8,10,16H,2-3,6-7,15H2,1H3. The first-order chi connectivity index (χ1) is 8.17. The normalized spacial score (nSPS) is 12.7. The Morgan fingerprint density at radius 2 is 2.12 bits per heavy atom. The van der Waals surface area contributed by atoms with E-state index < -0.39 is 0 Å². The van der Waals surface area contributed by atoms with Crippen LogP contribution in [0.1, 0.15) is 18.4 Å². The summed E-state index contributed by atoms with van der Waals surface area (Å²) in [6.07, 6.45) is 2.77. The van der Waals surface area contributed by atoms with Gasteiger partial charge in [0.25, 0.3) is 0 Å². The molecular weight excluding hydrogens is 259 g/mol. The molecule has 0 saturated carbocycles. The lowest BCUT2D eigenvalue weighted by atomic mass is 10.0. The van der Waals surface area contributed by atoms with E-state index in [1.165, 1.54) is 0 Å². The molecule has 96 valence electrons. The minimum Gasteiger partial charge on any atom is -0.385 e. The summed E-state index contributed by atoms with van der Waals surface area (Å²) in [7, 11) is 1.70. The van der Waals surface area contributed by atoms with Crippen molar-refractivity contribution in [2.24, 2.45) is 5.84 Å². The van der Waals surface area contributed by atoms with Gasteiger partial charge in [-0.3, -0.25) is 11.3 Å². The average molecular weight is 277 g/mol. The summed E-state index contributed by atoms with van der Waals surface area (Å²) in [4.78, 5) is 0. The Morgan fingerprint density at radius 3 is 2.71 bits per heavy atom. The molecule has 0 aliphatic carbocycles. The van der Waals surface area contributed by atoms with Crippen LogP contribution in [-0.4, -0.2) is 19.8 Å². The predicted molar refractivity (Wildman–Crippen MR) is 72.4 cm³/mol. The van der Waals surface area contributed by atoms with E-state index in [2.05, 4.69) is 5.43 Å². The third-order valence-electron chi connectivity index (χ3n) is 2.60. The van der Waals surface area contributed by atoms with Crippen LogP contribution in [0.4, 0.5) is 0 Å². The molecule has 1 rings (SSSR count). The molecule has 0 bridgehead atoms. The van der Waals surface area contributed by atoms with Crippen molar-refractivity contribution in [2.45, 2.75) is 25.3 Å². The number of hydrogen-bond acceptors (Lipinski definition) is 3. The number of halogens is 2. The summed E-state index contributed by atoms with van der Waals surface area (Å²) < 4.78 is 5.01. The van der Waals surface area contributed by atoms with Crippen molar-refractivity contribution in [2.75, 3.05) is 13.7 Å². The highest BCUT2D eigenvalue weighted by molar-refractivity contribution is 6.42. The van der Waals surface area contributed by atoms with Gasteiger partial charge in [0.2, 0.25) is 0 Å². The number of hydrogen-bond donors (Lipinski definition) is 2. The molecule has 17 heavy (non-hydrogen) atoms. The smallest absolute Gasteiger partial charge is 0.0595 e. The molecule has 1 unspecified atom stereocenters. The van der Waals surface area contributed by atoms with Gasteiger partial charge in [-0.15, -0.1) is 0 Å². The summed E-state index contributed by atoms with van der Waals surface area (Å²) in [5.41, 5.74) is 3.94. The molecule has 0 fully saturated rings. The van der Waals surface area contributed by atoms with Crippen LogP contribution < -0.4 is 11.3 Å². The maximum Gasteiger partial charge on any atom is 0.0595 e. The highest BCUT2D eigenvalue weighted by Crippen LogP contribution is 2.23. The van der Waals surface area contributed by atoms with Crippen LogP contribution in [0, 0.1) is 0 Å². The fourth-order valence-corrected chi connectivity index (χ4v) is 1.99. The van der Waals surface area contributed by atoms with E-state index in [1.54, 1.807) is 7.11 Å². The average Bonchev–Trinajstić information content (AvgIpc) is 2.32. The number of methoxy groups -OCH3 is 1. The van der Waals surface area contributed by atoms with Crippen molar-refractivity contribution in [1.82, 2.24) is 5.43 Å². The minimum absolute atomic E-state index is 0.224. The van der Waals surface area contributed by atoms with Crippen LogP contribution in [0.15, 0.2) is 18.2 Å². The van der Waals surface area contributed by atoms with Crippen LogP contribution in [0.25, 0.3) is 0 Å². The fourth-order valence-electron chi connectivity index (χ4n) is 1.67. The predicted octanol–water partition coefficient (Wildman–Crippen LogP) is 2.79. The topological polar surface area (TPSA) is 47.3 Å². The molecule has 3 N–H and O–H groups in total. The number of rotatable bonds is 7. The molecule has 0 heterocycles. The zero-order chi connectivity index (χ0) is 12.7. The van der Waals surface area contributed by atoms with Crippen molar-refractivity contribution in [1.29, 1.82) is 0 Å². The lowest BCUT2D eigenvalue weighted by Crippen LogP contribution is -2.36. The van der Waals surface area contributed by atoms with Crippen molar-refractivity contribution in [3.8, 4) is 0 Å². The number of nitrogens with two attached hydrogens (primary N) is 1. The fraction of sp³-hybridized carbons (Fsp3) is 0.500. The van der Waals surface area contributed by atoms with Gasteiger partial charge in [0.15, 0.2) is 0 Å². The number of nitrogens with one attached hydrogen (secondary N) is 1. The lowest BCUT2D eigenvalue weighted by Gasteiger charge is -2.16. The van der Waals surface area contributed by atoms with E-state index in [-0.39, 0.29) is 6.04 Å². The van der Waals surface area contributed by atoms with E-state index in [0.29, 0.717) is 10.0 Å². The zero-order valence-corrected chi connectivity index (χ0v) is 11.4. The second-order valence-corrected chi connectivity index (χ2v) is 4.77. The van der Waals surface area contributed by atoms with Crippen LogP contribution >= 0.6 is 23.2 Å². The van der Waals surface area contributed by atoms with Gasteiger partial charge in [-0.25, -0.2) is 0 Å². The first-order valence-corrected chi connectivity index (χ1v) is 6.32. The molecule has 0 saturated heterocycles. The molecule has 1 aromatic rings. The Hall–Kier alpha value is -0.320. The molecule has 0 aliphatic rings. The first-order valence-electron chi connectivity index (χ1n) is 5.56. The molecule has 1 atom stereocenters. The summed E-state index contributed by atoms with van der Waals surface area (Å²) in [6.45, 7) is 0.750. The number of ether oxygens (including phenoxy) is 1. The van der Waals surface area contributed by atoms with Crippen LogP contribution in [0.2, 0.25) is 10.0 Å². The van der Waals surface area contributed by atoms with Gasteiger partial charge in [0.05, 0.1) is 10.0 Å². The van der Waals surface area contributed by atoms with E-state index in [4.69, 9.17) is 33.8 Å². The van der Waals surface area contributed by atoms with Gasteiger partial charge < -0.3 is 4.74 Å². The molecular formula is C12H18Cl2N2O. The summed E-state index contributed by atoms with van der Waals surface area (Å²) >= 11 is 11.8. The Balaban J connectivity index is 2.51. The van der Waals surface area contributed by atoms with Gasteiger partial charge in [-0.05, 0) is 37.0 Å². The minimum atomic E-state index is 0.224. The van der Waals surface area contributed by atoms with Crippen molar-refractivity contribution in [3.05, 3.63) is 33.8 Å².